The van der Waals surface area contributed by atoms with E-state index < -0.39 is 6.03 Å². The molecule has 3 aromatic carbocycles. The highest BCUT2D eigenvalue weighted by Gasteiger charge is 2.29. The van der Waals surface area contributed by atoms with E-state index in [1.54, 1.807) is 37.3 Å². The van der Waals surface area contributed by atoms with Crippen LogP contribution in [0.15, 0.2) is 66.7 Å². The van der Waals surface area contributed by atoms with Crippen LogP contribution >= 0.6 is 0 Å². The Hall–Kier alpha value is -4.20. The van der Waals surface area contributed by atoms with E-state index in [-0.39, 0.29) is 6.03 Å². The van der Waals surface area contributed by atoms with Crippen molar-refractivity contribution in [2.45, 2.75) is 32.7 Å². The molecule has 0 bridgehead atoms. The summed E-state index contributed by atoms with van der Waals surface area (Å²) in [6.07, 6.45) is 0.807. The molecule has 194 valence electrons. The number of methoxy groups -OCH3 is 2. The monoisotopic (exact) mass is 502 g/mol. The Labute approximate surface area is 218 Å². The predicted octanol–water partition coefficient (Wildman–Crippen LogP) is 6.30. The minimum absolute atomic E-state index is 0.111. The molecule has 1 saturated heterocycles. The molecule has 1 heterocycles. The van der Waals surface area contributed by atoms with Crippen molar-refractivity contribution in [2.24, 2.45) is 0 Å². The fourth-order valence-electron chi connectivity index (χ4n) is 4.32. The minimum Gasteiger partial charge on any atom is -0.497 e. The average Bonchev–Trinajstić information content (AvgIpc) is 2.90. The molecule has 4 amide bonds. The van der Waals surface area contributed by atoms with Gasteiger partial charge in [-0.05, 0) is 59.9 Å². The molecule has 0 radical (unpaired) electrons. The van der Waals surface area contributed by atoms with Crippen LogP contribution in [-0.2, 0) is 6.54 Å². The van der Waals surface area contributed by atoms with Crippen LogP contribution in [0.5, 0.6) is 11.5 Å². The standard InChI is InChI=1S/C29H34N4O4/c1-20(2)22-8-10-23(11-9-22)30-28(34)31-26-18-25(37-4)14-15-27(26)33-17-5-16-32(29(33)35)19-21-6-12-24(36-3)13-7-21/h6-15,18,20H,5,16-17,19H2,1-4H3,(H2,30,31,34). The lowest BCUT2D eigenvalue weighted by molar-refractivity contribution is 0.192. The van der Waals surface area contributed by atoms with Crippen molar-refractivity contribution in [3.63, 3.8) is 0 Å². The Bertz CT molecular complexity index is 1230. The number of rotatable bonds is 8. The van der Waals surface area contributed by atoms with E-state index in [2.05, 4.69) is 24.5 Å². The SMILES string of the molecule is COc1ccc(CN2CCCN(c3ccc(OC)cc3NC(=O)Nc3ccc(C(C)C)cc3)C2=O)cc1. The molecule has 4 rings (SSSR count). The van der Waals surface area contributed by atoms with Crippen LogP contribution in [0.2, 0.25) is 0 Å². The molecular weight excluding hydrogens is 468 g/mol. The van der Waals surface area contributed by atoms with E-state index in [4.69, 9.17) is 9.47 Å². The molecule has 8 nitrogen and oxygen atoms in total. The summed E-state index contributed by atoms with van der Waals surface area (Å²) in [7, 11) is 3.20. The number of carbonyl (C=O) groups is 2. The third-order valence-electron chi connectivity index (χ3n) is 6.42. The van der Waals surface area contributed by atoms with E-state index in [1.807, 2.05) is 53.4 Å². The van der Waals surface area contributed by atoms with E-state index >= 15 is 0 Å². The lowest BCUT2D eigenvalue weighted by atomic mass is 10.0. The van der Waals surface area contributed by atoms with Gasteiger partial charge in [-0.25, -0.2) is 9.59 Å². The highest BCUT2D eigenvalue weighted by molar-refractivity contribution is 6.04. The number of anilines is 3. The van der Waals surface area contributed by atoms with Gasteiger partial charge < -0.3 is 25.0 Å². The number of hydrogen-bond donors (Lipinski definition) is 2. The molecule has 1 fully saturated rings. The van der Waals surface area contributed by atoms with Gasteiger partial charge in [-0.2, -0.15) is 0 Å². The topological polar surface area (TPSA) is 83.1 Å². The fraction of sp³-hybridized carbons (Fsp3) is 0.310. The quantitative estimate of drug-likeness (QED) is 0.378. The van der Waals surface area contributed by atoms with E-state index in [0.717, 1.165) is 17.7 Å². The molecule has 3 aromatic rings. The molecule has 1 aliphatic rings. The summed E-state index contributed by atoms with van der Waals surface area (Å²) in [5, 5.41) is 5.78. The third-order valence-corrected chi connectivity index (χ3v) is 6.42. The van der Waals surface area contributed by atoms with Gasteiger partial charge in [0.05, 0.1) is 25.6 Å². The maximum absolute atomic E-state index is 13.5. The Morgan fingerprint density at radius 3 is 2.22 bits per heavy atom. The molecule has 2 N–H and O–H groups in total. The van der Waals surface area contributed by atoms with Crippen molar-refractivity contribution in [3.8, 4) is 11.5 Å². The second kappa shape index (κ2) is 11.7. The fourth-order valence-corrected chi connectivity index (χ4v) is 4.32. The van der Waals surface area contributed by atoms with Crippen molar-refractivity contribution in [1.29, 1.82) is 0 Å². The van der Waals surface area contributed by atoms with E-state index in [1.165, 1.54) is 5.56 Å². The summed E-state index contributed by atoms with van der Waals surface area (Å²) < 4.78 is 10.6. The maximum Gasteiger partial charge on any atom is 0.324 e. The Morgan fingerprint density at radius 1 is 0.892 bits per heavy atom. The Kier molecular flexibility index (Phi) is 8.18. The summed E-state index contributed by atoms with van der Waals surface area (Å²) in [4.78, 5) is 29.9. The second-order valence-electron chi connectivity index (χ2n) is 9.30. The zero-order valence-corrected chi connectivity index (χ0v) is 21.8. The number of amides is 4. The number of carbonyl (C=O) groups excluding carboxylic acids is 2. The molecule has 0 atom stereocenters. The summed E-state index contributed by atoms with van der Waals surface area (Å²) in [5.41, 5.74) is 4.02. The first-order chi connectivity index (χ1) is 17.9. The largest absolute Gasteiger partial charge is 0.497 e. The molecule has 37 heavy (non-hydrogen) atoms. The predicted molar refractivity (Wildman–Crippen MR) is 147 cm³/mol. The summed E-state index contributed by atoms with van der Waals surface area (Å²) in [6, 6.07) is 20.3. The van der Waals surface area contributed by atoms with Gasteiger partial charge in [-0.15, -0.1) is 0 Å². The summed E-state index contributed by atoms with van der Waals surface area (Å²) in [5.74, 6) is 1.77. The number of ether oxygens (including phenoxy) is 2. The molecule has 0 aromatic heterocycles. The van der Waals surface area contributed by atoms with Crippen LogP contribution in [0.25, 0.3) is 0 Å². The number of hydrogen-bond acceptors (Lipinski definition) is 4. The summed E-state index contributed by atoms with van der Waals surface area (Å²) >= 11 is 0. The van der Waals surface area contributed by atoms with Crippen LogP contribution in [0.1, 0.15) is 37.3 Å². The van der Waals surface area contributed by atoms with Gasteiger partial charge in [-0.1, -0.05) is 38.1 Å². The first-order valence-corrected chi connectivity index (χ1v) is 12.4. The lowest BCUT2D eigenvalue weighted by Gasteiger charge is -2.36. The number of nitrogens with one attached hydrogen (secondary N) is 2. The van der Waals surface area contributed by atoms with E-state index in [0.29, 0.717) is 48.4 Å². The highest BCUT2D eigenvalue weighted by atomic mass is 16.5. The van der Waals surface area contributed by atoms with Crippen molar-refractivity contribution in [2.75, 3.05) is 42.8 Å². The highest BCUT2D eigenvalue weighted by Crippen LogP contribution is 2.33. The number of benzene rings is 3. The number of nitrogens with zero attached hydrogens (tertiary/aromatic N) is 2. The van der Waals surface area contributed by atoms with Crippen molar-refractivity contribution in [3.05, 3.63) is 77.9 Å². The first kappa shape index (κ1) is 25.9. The van der Waals surface area contributed by atoms with E-state index in [9.17, 15) is 9.59 Å². The zero-order valence-electron chi connectivity index (χ0n) is 21.8. The van der Waals surface area contributed by atoms with Gasteiger partial charge in [0.2, 0.25) is 0 Å². The minimum atomic E-state index is -0.397. The van der Waals surface area contributed by atoms with Gasteiger partial charge >= 0.3 is 12.1 Å². The molecule has 8 heteroatoms. The maximum atomic E-state index is 13.5. The molecule has 1 aliphatic heterocycles. The molecule has 0 saturated carbocycles. The molecule has 0 spiro atoms. The normalized spacial score (nSPS) is 13.5. The molecule has 0 unspecified atom stereocenters. The van der Waals surface area contributed by atoms with Gasteiger partial charge in [-0.3, -0.25) is 4.90 Å². The first-order valence-electron chi connectivity index (χ1n) is 12.4. The van der Waals surface area contributed by atoms with Gasteiger partial charge in [0.15, 0.2) is 0 Å². The van der Waals surface area contributed by atoms with Crippen LogP contribution in [-0.4, -0.2) is 44.3 Å². The second-order valence-corrected chi connectivity index (χ2v) is 9.30. The van der Waals surface area contributed by atoms with Crippen LogP contribution in [0.3, 0.4) is 0 Å². The van der Waals surface area contributed by atoms with Crippen molar-refractivity contribution >= 4 is 29.1 Å². The Balaban J connectivity index is 1.51. The molecular formula is C29H34N4O4. The Morgan fingerprint density at radius 2 is 1.57 bits per heavy atom. The van der Waals surface area contributed by atoms with Crippen LogP contribution in [0.4, 0.5) is 26.7 Å². The average molecular weight is 503 g/mol. The number of urea groups is 2. The van der Waals surface area contributed by atoms with Gasteiger partial charge in [0.25, 0.3) is 0 Å². The van der Waals surface area contributed by atoms with Crippen LogP contribution < -0.4 is 25.0 Å². The lowest BCUT2D eigenvalue weighted by Crippen LogP contribution is -2.49. The molecule has 0 aliphatic carbocycles. The summed E-state index contributed by atoms with van der Waals surface area (Å²) in [6.45, 7) is 5.95. The van der Waals surface area contributed by atoms with Gasteiger partial charge in [0, 0.05) is 31.4 Å². The smallest absolute Gasteiger partial charge is 0.324 e. The van der Waals surface area contributed by atoms with Gasteiger partial charge in [0.1, 0.15) is 11.5 Å². The van der Waals surface area contributed by atoms with Crippen LogP contribution in [0, 0.1) is 0 Å². The third kappa shape index (κ3) is 6.33. The van der Waals surface area contributed by atoms with Crippen molar-refractivity contribution < 1.29 is 19.1 Å². The zero-order chi connectivity index (χ0) is 26.4. The van der Waals surface area contributed by atoms with Crippen molar-refractivity contribution in [1.82, 2.24) is 4.90 Å².